The van der Waals surface area contributed by atoms with Crippen LogP contribution in [-0.4, -0.2) is 18.4 Å². The van der Waals surface area contributed by atoms with Crippen molar-refractivity contribution in [2.24, 2.45) is 0 Å². The van der Waals surface area contributed by atoms with Crippen molar-refractivity contribution in [3.8, 4) is 0 Å². The van der Waals surface area contributed by atoms with Gasteiger partial charge in [0.25, 0.3) is 0 Å². The van der Waals surface area contributed by atoms with Crippen LogP contribution in [-0.2, 0) is 16.0 Å². The summed E-state index contributed by atoms with van der Waals surface area (Å²) in [5.41, 5.74) is 0.710. The lowest BCUT2D eigenvalue weighted by Gasteiger charge is -2.06. The fourth-order valence-electron chi connectivity index (χ4n) is 1.69. The van der Waals surface area contributed by atoms with Crippen molar-refractivity contribution in [1.82, 2.24) is 5.32 Å². The zero-order valence-electron chi connectivity index (χ0n) is 11.0. The first kappa shape index (κ1) is 13.9. The predicted molar refractivity (Wildman–Crippen MR) is 75.1 cm³/mol. The Morgan fingerprint density at radius 3 is 2.50 bits per heavy atom. The molecule has 1 heterocycles. The van der Waals surface area contributed by atoms with Gasteiger partial charge < -0.3 is 15.1 Å². The van der Waals surface area contributed by atoms with Crippen molar-refractivity contribution >= 4 is 17.5 Å². The highest BCUT2D eigenvalue weighted by Gasteiger charge is 2.07. The van der Waals surface area contributed by atoms with Gasteiger partial charge in [0.05, 0.1) is 12.8 Å². The lowest BCUT2D eigenvalue weighted by atomic mass is 10.2. The Bertz CT molecular complexity index is 550. The molecule has 0 saturated carbocycles. The van der Waals surface area contributed by atoms with Crippen LogP contribution in [0.5, 0.6) is 0 Å². The molecule has 0 fully saturated rings. The molecule has 2 N–H and O–H groups in total. The van der Waals surface area contributed by atoms with Crippen LogP contribution in [0.1, 0.15) is 12.2 Å². The molecule has 1 aromatic heterocycles. The van der Waals surface area contributed by atoms with Gasteiger partial charge in [-0.1, -0.05) is 18.2 Å². The third-order valence-corrected chi connectivity index (χ3v) is 2.68. The highest BCUT2D eigenvalue weighted by molar-refractivity contribution is 5.94. The Labute approximate surface area is 117 Å². The number of amides is 2. The minimum atomic E-state index is -0.248. The van der Waals surface area contributed by atoms with Crippen LogP contribution < -0.4 is 10.6 Å². The van der Waals surface area contributed by atoms with E-state index >= 15 is 0 Å². The lowest BCUT2D eigenvalue weighted by Crippen LogP contribution is -2.32. The molecule has 0 radical (unpaired) electrons. The number of carbonyl (C=O) groups is 2. The summed E-state index contributed by atoms with van der Waals surface area (Å²) in [6, 6.07) is 12.7. The van der Waals surface area contributed by atoms with E-state index in [1.165, 1.54) is 0 Å². The number of nitrogens with one attached hydrogen (secondary N) is 2. The molecule has 104 valence electrons. The molecule has 0 spiro atoms. The molecule has 0 bridgehead atoms. The van der Waals surface area contributed by atoms with Gasteiger partial charge in [0.15, 0.2) is 0 Å². The number of rotatable bonds is 6. The molecule has 0 unspecified atom stereocenters. The average Bonchev–Trinajstić information content (AvgIpc) is 2.97. The Kier molecular flexibility index (Phi) is 4.94. The van der Waals surface area contributed by atoms with E-state index in [0.717, 1.165) is 5.76 Å². The number of benzene rings is 1. The summed E-state index contributed by atoms with van der Waals surface area (Å²) in [6.07, 6.45) is 2.39. The SMILES string of the molecule is O=C(CCc1ccco1)NCC(=O)Nc1ccccc1. The second-order valence-electron chi connectivity index (χ2n) is 4.27. The van der Waals surface area contributed by atoms with E-state index in [1.54, 1.807) is 24.5 Å². The van der Waals surface area contributed by atoms with Gasteiger partial charge in [0.2, 0.25) is 11.8 Å². The highest BCUT2D eigenvalue weighted by atomic mass is 16.3. The van der Waals surface area contributed by atoms with Crippen molar-refractivity contribution in [1.29, 1.82) is 0 Å². The molecule has 2 aromatic rings. The summed E-state index contributed by atoms with van der Waals surface area (Å²) in [7, 11) is 0. The fourth-order valence-corrected chi connectivity index (χ4v) is 1.69. The molecule has 1 aromatic carbocycles. The Morgan fingerprint density at radius 1 is 1.00 bits per heavy atom. The Hall–Kier alpha value is -2.56. The molecular formula is C15H16N2O3. The quantitative estimate of drug-likeness (QED) is 0.844. The number of anilines is 1. The number of hydrogen-bond donors (Lipinski definition) is 2. The largest absolute Gasteiger partial charge is 0.469 e. The monoisotopic (exact) mass is 272 g/mol. The van der Waals surface area contributed by atoms with Gasteiger partial charge in [-0.3, -0.25) is 9.59 Å². The maximum atomic E-state index is 11.6. The van der Waals surface area contributed by atoms with Gasteiger partial charge >= 0.3 is 0 Å². The van der Waals surface area contributed by atoms with Crippen LogP contribution in [0.4, 0.5) is 5.69 Å². The maximum Gasteiger partial charge on any atom is 0.243 e. The molecule has 0 aliphatic heterocycles. The predicted octanol–water partition coefficient (Wildman–Crippen LogP) is 1.97. The van der Waals surface area contributed by atoms with Crippen LogP contribution in [0.2, 0.25) is 0 Å². The van der Waals surface area contributed by atoms with Gasteiger partial charge in [-0.05, 0) is 24.3 Å². The summed E-state index contributed by atoms with van der Waals surface area (Å²) >= 11 is 0. The number of carbonyl (C=O) groups excluding carboxylic acids is 2. The number of furan rings is 1. The summed E-state index contributed by atoms with van der Waals surface area (Å²) < 4.78 is 5.13. The topological polar surface area (TPSA) is 71.3 Å². The Balaban J connectivity index is 1.66. The first-order chi connectivity index (χ1) is 9.74. The van der Waals surface area contributed by atoms with Gasteiger partial charge in [0.1, 0.15) is 5.76 Å². The molecule has 0 atom stereocenters. The molecular weight excluding hydrogens is 256 g/mol. The summed E-state index contributed by atoms with van der Waals surface area (Å²) in [6.45, 7) is -0.0358. The first-order valence-corrected chi connectivity index (χ1v) is 6.38. The molecule has 2 amide bonds. The third kappa shape index (κ3) is 4.61. The van der Waals surface area contributed by atoms with Crippen LogP contribution in [0.25, 0.3) is 0 Å². The van der Waals surface area contributed by atoms with Crippen LogP contribution in [0, 0.1) is 0 Å². The molecule has 0 aliphatic rings. The van der Waals surface area contributed by atoms with Crippen molar-refractivity contribution in [2.45, 2.75) is 12.8 Å². The van der Waals surface area contributed by atoms with E-state index in [2.05, 4.69) is 10.6 Å². The molecule has 0 aliphatic carbocycles. The Morgan fingerprint density at radius 2 is 1.80 bits per heavy atom. The molecule has 2 rings (SSSR count). The zero-order chi connectivity index (χ0) is 14.2. The zero-order valence-corrected chi connectivity index (χ0v) is 11.0. The lowest BCUT2D eigenvalue weighted by molar-refractivity contribution is -0.124. The summed E-state index contributed by atoms with van der Waals surface area (Å²) in [4.78, 5) is 23.2. The number of hydrogen-bond acceptors (Lipinski definition) is 3. The van der Waals surface area contributed by atoms with Gasteiger partial charge in [-0.15, -0.1) is 0 Å². The standard InChI is InChI=1S/C15H16N2O3/c18-14(9-8-13-7-4-10-20-13)16-11-15(19)17-12-5-2-1-3-6-12/h1-7,10H,8-9,11H2,(H,16,18)(H,17,19). The minimum absolute atomic E-state index is 0.0358. The van der Waals surface area contributed by atoms with Crippen molar-refractivity contribution in [3.05, 3.63) is 54.5 Å². The normalized spacial score (nSPS) is 10.0. The van der Waals surface area contributed by atoms with Crippen LogP contribution in [0.15, 0.2) is 53.1 Å². The van der Waals surface area contributed by atoms with Crippen molar-refractivity contribution in [3.63, 3.8) is 0 Å². The van der Waals surface area contributed by atoms with Gasteiger partial charge in [0, 0.05) is 18.5 Å². The number of aryl methyl sites for hydroxylation is 1. The maximum absolute atomic E-state index is 11.6. The molecule has 5 heteroatoms. The van der Waals surface area contributed by atoms with Crippen molar-refractivity contribution in [2.75, 3.05) is 11.9 Å². The van der Waals surface area contributed by atoms with E-state index in [4.69, 9.17) is 4.42 Å². The molecule has 0 saturated heterocycles. The van der Waals surface area contributed by atoms with E-state index in [-0.39, 0.29) is 18.4 Å². The van der Waals surface area contributed by atoms with Crippen molar-refractivity contribution < 1.29 is 14.0 Å². The summed E-state index contributed by atoms with van der Waals surface area (Å²) in [5.74, 6) is 0.334. The first-order valence-electron chi connectivity index (χ1n) is 6.38. The molecule has 5 nitrogen and oxygen atoms in total. The molecule has 20 heavy (non-hydrogen) atoms. The average molecular weight is 272 g/mol. The minimum Gasteiger partial charge on any atom is -0.469 e. The van der Waals surface area contributed by atoms with E-state index < -0.39 is 0 Å². The highest BCUT2D eigenvalue weighted by Crippen LogP contribution is 2.04. The summed E-state index contributed by atoms with van der Waals surface area (Å²) in [5, 5.41) is 5.27. The van der Waals surface area contributed by atoms with Gasteiger partial charge in [-0.25, -0.2) is 0 Å². The van der Waals surface area contributed by atoms with E-state index in [9.17, 15) is 9.59 Å². The van der Waals surface area contributed by atoms with Crippen LogP contribution in [0.3, 0.4) is 0 Å². The van der Waals surface area contributed by atoms with E-state index in [1.807, 2.05) is 24.3 Å². The second-order valence-corrected chi connectivity index (χ2v) is 4.27. The second kappa shape index (κ2) is 7.13. The van der Waals surface area contributed by atoms with Gasteiger partial charge in [-0.2, -0.15) is 0 Å². The van der Waals surface area contributed by atoms with E-state index in [0.29, 0.717) is 18.5 Å². The fraction of sp³-hybridized carbons (Fsp3) is 0.200. The third-order valence-electron chi connectivity index (χ3n) is 2.68. The smallest absolute Gasteiger partial charge is 0.243 e. The number of para-hydroxylation sites is 1. The van der Waals surface area contributed by atoms with Crippen LogP contribution >= 0.6 is 0 Å².